The van der Waals surface area contributed by atoms with Crippen molar-refractivity contribution in [3.8, 4) is 0 Å². The van der Waals surface area contributed by atoms with E-state index in [0.717, 1.165) is 19.4 Å². The predicted molar refractivity (Wildman–Crippen MR) is 96.3 cm³/mol. The molecule has 1 fully saturated rings. The van der Waals surface area contributed by atoms with Crippen molar-refractivity contribution in [2.45, 2.75) is 45.7 Å². The molecular formula is C21H25NO2. The summed E-state index contributed by atoms with van der Waals surface area (Å²) in [6.07, 6.45) is 1.66. The van der Waals surface area contributed by atoms with E-state index < -0.39 is 12.0 Å². The summed E-state index contributed by atoms with van der Waals surface area (Å²) in [7, 11) is 0. The number of hydrogen-bond donors (Lipinski definition) is 1. The maximum Gasteiger partial charge on any atom is 0.320 e. The average Bonchev–Trinajstić information content (AvgIpc) is 2.99. The topological polar surface area (TPSA) is 40.5 Å². The molecule has 0 saturated carbocycles. The van der Waals surface area contributed by atoms with Crippen LogP contribution in [0.2, 0.25) is 0 Å². The first-order valence-corrected chi connectivity index (χ1v) is 8.59. The summed E-state index contributed by atoms with van der Waals surface area (Å²) in [6, 6.07) is 14.5. The zero-order valence-electron chi connectivity index (χ0n) is 14.6. The predicted octanol–water partition coefficient (Wildman–Crippen LogP) is 4.25. The van der Waals surface area contributed by atoms with Crippen LogP contribution in [-0.2, 0) is 4.79 Å². The molecular weight excluding hydrogens is 298 g/mol. The van der Waals surface area contributed by atoms with E-state index >= 15 is 0 Å². The van der Waals surface area contributed by atoms with Crippen LogP contribution < -0.4 is 0 Å². The first kappa shape index (κ1) is 16.7. The minimum absolute atomic E-state index is 0.00546. The zero-order valence-corrected chi connectivity index (χ0v) is 14.6. The molecule has 3 heteroatoms. The molecule has 0 amide bonds. The second kappa shape index (κ2) is 6.78. The van der Waals surface area contributed by atoms with Crippen molar-refractivity contribution in [3.63, 3.8) is 0 Å². The molecule has 3 rings (SSSR count). The highest BCUT2D eigenvalue weighted by atomic mass is 16.4. The molecule has 0 spiro atoms. The van der Waals surface area contributed by atoms with Gasteiger partial charge in [0.2, 0.25) is 0 Å². The molecule has 1 N–H and O–H groups in total. The second-order valence-electron chi connectivity index (χ2n) is 6.91. The summed E-state index contributed by atoms with van der Waals surface area (Å²) in [5.74, 6) is -0.713. The van der Waals surface area contributed by atoms with E-state index in [1.54, 1.807) is 0 Å². The Morgan fingerprint density at radius 1 is 1.12 bits per heavy atom. The standard InChI is InChI=1S/C21H25NO2/c1-14-6-4-7-17(13-14)20(18-10-9-15(2)12-16(18)3)22-11-5-8-19(22)21(23)24/h4,6-7,9-10,12-13,19-20H,5,8,11H2,1-3H3,(H,23,24). The van der Waals surface area contributed by atoms with Gasteiger partial charge < -0.3 is 5.11 Å². The van der Waals surface area contributed by atoms with Crippen LogP contribution in [0.5, 0.6) is 0 Å². The van der Waals surface area contributed by atoms with Crippen molar-refractivity contribution in [1.29, 1.82) is 0 Å². The van der Waals surface area contributed by atoms with Crippen LogP contribution in [0.1, 0.15) is 46.7 Å². The number of nitrogens with zero attached hydrogens (tertiary/aromatic N) is 1. The number of carboxylic acids is 1. The largest absolute Gasteiger partial charge is 0.480 e. The molecule has 1 aliphatic rings. The summed E-state index contributed by atoms with van der Waals surface area (Å²) in [6.45, 7) is 7.12. The van der Waals surface area contributed by atoms with Crippen LogP contribution >= 0.6 is 0 Å². The maximum absolute atomic E-state index is 11.7. The number of aryl methyl sites for hydroxylation is 3. The van der Waals surface area contributed by atoms with Gasteiger partial charge in [0.25, 0.3) is 0 Å². The molecule has 1 heterocycles. The van der Waals surface area contributed by atoms with E-state index in [-0.39, 0.29) is 6.04 Å². The summed E-state index contributed by atoms with van der Waals surface area (Å²) in [5.41, 5.74) is 6.04. The third-order valence-corrected chi connectivity index (χ3v) is 4.99. The van der Waals surface area contributed by atoms with E-state index in [1.165, 1.54) is 27.8 Å². The van der Waals surface area contributed by atoms with Crippen molar-refractivity contribution in [2.75, 3.05) is 6.54 Å². The van der Waals surface area contributed by atoms with Gasteiger partial charge in [0.15, 0.2) is 0 Å². The quantitative estimate of drug-likeness (QED) is 0.914. The Kier molecular flexibility index (Phi) is 4.72. The molecule has 0 aromatic heterocycles. The number of hydrogen-bond acceptors (Lipinski definition) is 2. The highest BCUT2D eigenvalue weighted by molar-refractivity contribution is 5.74. The van der Waals surface area contributed by atoms with Crippen LogP contribution in [0.15, 0.2) is 42.5 Å². The lowest BCUT2D eigenvalue weighted by molar-refractivity contribution is -0.142. The van der Waals surface area contributed by atoms with Gasteiger partial charge in [0.1, 0.15) is 6.04 Å². The van der Waals surface area contributed by atoms with E-state index in [2.05, 4.69) is 68.1 Å². The molecule has 3 nitrogen and oxygen atoms in total. The number of likely N-dealkylation sites (tertiary alicyclic amines) is 1. The summed E-state index contributed by atoms with van der Waals surface area (Å²) < 4.78 is 0. The third kappa shape index (κ3) is 3.22. The van der Waals surface area contributed by atoms with Crippen LogP contribution in [0.25, 0.3) is 0 Å². The minimum atomic E-state index is -0.713. The highest BCUT2D eigenvalue weighted by Gasteiger charge is 2.37. The molecule has 126 valence electrons. The number of benzene rings is 2. The molecule has 2 atom stereocenters. The fourth-order valence-corrected chi connectivity index (χ4v) is 3.89. The van der Waals surface area contributed by atoms with E-state index in [9.17, 15) is 9.90 Å². The third-order valence-electron chi connectivity index (χ3n) is 4.99. The van der Waals surface area contributed by atoms with Gasteiger partial charge in [-0.15, -0.1) is 0 Å². The zero-order chi connectivity index (χ0) is 17.3. The van der Waals surface area contributed by atoms with Crippen molar-refractivity contribution in [2.24, 2.45) is 0 Å². The van der Waals surface area contributed by atoms with Crippen molar-refractivity contribution in [3.05, 3.63) is 70.3 Å². The van der Waals surface area contributed by atoms with Gasteiger partial charge in [0, 0.05) is 6.54 Å². The Hall–Kier alpha value is -2.13. The Morgan fingerprint density at radius 3 is 2.54 bits per heavy atom. The molecule has 2 aromatic rings. The Balaban J connectivity index is 2.12. The first-order chi connectivity index (χ1) is 11.5. The van der Waals surface area contributed by atoms with Gasteiger partial charge >= 0.3 is 5.97 Å². The SMILES string of the molecule is Cc1cccc(C(c2ccc(C)cc2C)N2CCCC2C(=O)O)c1. The number of aliphatic carboxylic acids is 1. The monoisotopic (exact) mass is 323 g/mol. The van der Waals surface area contributed by atoms with Crippen molar-refractivity contribution >= 4 is 5.97 Å². The lowest BCUT2D eigenvalue weighted by atomic mass is 9.91. The Morgan fingerprint density at radius 2 is 1.88 bits per heavy atom. The Bertz CT molecular complexity index is 753. The van der Waals surface area contributed by atoms with Crippen LogP contribution in [0, 0.1) is 20.8 Å². The molecule has 1 saturated heterocycles. The van der Waals surface area contributed by atoms with Gasteiger partial charge in [-0.2, -0.15) is 0 Å². The molecule has 2 aromatic carbocycles. The first-order valence-electron chi connectivity index (χ1n) is 8.59. The fourth-order valence-electron chi connectivity index (χ4n) is 3.89. The van der Waals surface area contributed by atoms with E-state index in [4.69, 9.17) is 0 Å². The molecule has 2 unspecified atom stereocenters. The van der Waals surface area contributed by atoms with Crippen LogP contribution in [-0.4, -0.2) is 28.6 Å². The highest BCUT2D eigenvalue weighted by Crippen LogP contribution is 2.36. The fraction of sp³-hybridized carbons (Fsp3) is 0.381. The normalized spacial score (nSPS) is 19.4. The summed E-state index contributed by atoms with van der Waals surface area (Å²) in [4.78, 5) is 13.9. The van der Waals surface area contributed by atoms with E-state index in [0.29, 0.717) is 0 Å². The molecule has 0 bridgehead atoms. The number of rotatable bonds is 4. The van der Waals surface area contributed by atoms with Crippen molar-refractivity contribution < 1.29 is 9.90 Å². The van der Waals surface area contributed by atoms with Gasteiger partial charge in [-0.1, -0.05) is 53.6 Å². The van der Waals surface area contributed by atoms with Gasteiger partial charge in [-0.05, 0) is 50.3 Å². The van der Waals surface area contributed by atoms with Crippen LogP contribution in [0.4, 0.5) is 0 Å². The van der Waals surface area contributed by atoms with Crippen LogP contribution in [0.3, 0.4) is 0 Å². The number of carboxylic acid groups (broad SMARTS) is 1. The molecule has 0 radical (unpaired) electrons. The van der Waals surface area contributed by atoms with Gasteiger partial charge in [0.05, 0.1) is 6.04 Å². The smallest absolute Gasteiger partial charge is 0.320 e. The summed E-state index contributed by atoms with van der Waals surface area (Å²) in [5, 5.41) is 9.65. The second-order valence-corrected chi connectivity index (χ2v) is 6.91. The molecule has 24 heavy (non-hydrogen) atoms. The lowest BCUT2D eigenvalue weighted by Gasteiger charge is -2.33. The lowest BCUT2D eigenvalue weighted by Crippen LogP contribution is -2.39. The van der Waals surface area contributed by atoms with E-state index in [1.807, 2.05) is 0 Å². The van der Waals surface area contributed by atoms with Gasteiger partial charge in [-0.3, -0.25) is 9.69 Å². The number of carbonyl (C=O) groups is 1. The summed E-state index contributed by atoms with van der Waals surface area (Å²) >= 11 is 0. The maximum atomic E-state index is 11.7. The van der Waals surface area contributed by atoms with Gasteiger partial charge in [-0.25, -0.2) is 0 Å². The average molecular weight is 323 g/mol. The van der Waals surface area contributed by atoms with Crippen molar-refractivity contribution in [1.82, 2.24) is 4.90 Å². The molecule has 0 aliphatic carbocycles. The molecule has 1 aliphatic heterocycles. The minimum Gasteiger partial charge on any atom is -0.480 e. The Labute approximate surface area is 143 Å².